The second-order valence-electron chi connectivity index (χ2n) is 6.85. The first-order valence-electron chi connectivity index (χ1n) is 9.37. The van der Waals surface area contributed by atoms with E-state index in [-0.39, 0.29) is 11.9 Å². The molecule has 29 heavy (non-hydrogen) atoms. The maximum absolute atomic E-state index is 12.8. The van der Waals surface area contributed by atoms with E-state index in [2.05, 4.69) is 20.4 Å². The Morgan fingerprint density at radius 1 is 1.34 bits per heavy atom. The van der Waals surface area contributed by atoms with Crippen molar-refractivity contribution < 1.29 is 18.8 Å². The standard InChI is InChI=1S/C20H18N6O3/c1-28-17-11-13(6-8-21-17)20-24-18-16(5-3-9-26(18)29-20)23-19(27)14-10-15-4-2-7-22-25(15)12-14/h2,4,6-8,10-12,16H,3,5,9H2,1H3/p+1/t16-/m1/s1. The second kappa shape index (κ2) is 7.01. The number of pyridine rings is 1. The van der Waals surface area contributed by atoms with Crippen molar-refractivity contribution in [3.63, 3.8) is 0 Å². The van der Waals surface area contributed by atoms with Gasteiger partial charge in [-0.25, -0.2) is 9.50 Å². The smallest absolute Gasteiger partial charge is 0.384 e. The Labute approximate surface area is 165 Å². The molecule has 1 atom stereocenters. The molecule has 9 nitrogen and oxygen atoms in total. The van der Waals surface area contributed by atoms with Crippen molar-refractivity contribution in [2.75, 3.05) is 7.11 Å². The highest BCUT2D eigenvalue weighted by molar-refractivity contribution is 5.95. The first-order chi connectivity index (χ1) is 14.2. The van der Waals surface area contributed by atoms with Crippen LogP contribution in [0, 0.1) is 0 Å². The summed E-state index contributed by atoms with van der Waals surface area (Å²) in [6, 6.07) is 8.92. The van der Waals surface area contributed by atoms with Crippen LogP contribution in [0.5, 0.6) is 5.88 Å². The van der Waals surface area contributed by atoms with Gasteiger partial charge in [0, 0.05) is 29.6 Å². The van der Waals surface area contributed by atoms with E-state index in [0.29, 0.717) is 23.2 Å². The zero-order valence-corrected chi connectivity index (χ0v) is 15.8. The third-order valence-electron chi connectivity index (χ3n) is 4.97. The fraction of sp³-hybridized carbons (Fsp3) is 0.250. The topological polar surface area (TPSA) is 98.4 Å². The van der Waals surface area contributed by atoms with E-state index in [1.54, 1.807) is 41.0 Å². The summed E-state index contributed by atoms with van der Waals surface area (Å²) in [5, 5.41) is 7.29. The lowest BCUT2D eigenvalue weighted by Gasteiger charge is -2.16. The van der Waals surface area contributed by atoms with Crippen LogP contribution in [-0.4, -0.2) is 32.6 Å². The summed E-state index contributed by atoms with van der Waals surface area (Å²) in [5.41, 5.74) is 2.20. The van der Waals surface area contributed by atoms with Gasteiger partial charge in [0.2, 0.25) is 5.88 Å². The van der Waals surface area contributed by atoms with E-state index in [1.807, 2.05) is 24.3 Å². The third kappa shape index (κ3) is 3.20. The van der Waals surface area contributed by atoms with Gasteiger partial charge < -0.3 is 10.1 Å². The summed E-state index contributed by atoms with van der Waals surface area (Å²) in [5.74, 6) is 1.50. The Bertz CT molecular complexity index is 1160. The molecule has 4 aromatic rings. The molecule has 0 fully saturated rings. The highest BCUT2D eigenvalue weighted by Crippen LogP contribution is 2.25. The van der Waals surface area contributed by atoms with Crippen molar-refractivity contribution in [2.24, 2.45) is 0 Å². The van der Waals surface area contributed by atoms with Gasteiger partial charge in [-0.3, -0.25) is 9.32 Å². The molecule has 1 aliphatic rings. The van der Waals surface area contributed by atoms with Crippen molar-refractivity contribution >= 4 is 11.4 Å². The number of rotatable bonds is 4. The van der Waals surface area contributed by atoms with Gasteiger partial charge in [0.05, 0.1) is 23.8 Å². The van der Waals surface area contributed by atoms with Gasteiger partial charge in [0.1, 0.15) is 12.6 Å². The normalized spacial score (nSPS) is 15.8. The van der Waals surface area contributed by atoms with Crippen LogP contribution in [0.2, 0.25) is 0 Å². The fourth-order valence-corrected chi connectivity index (χ4v) is 3.53. The van der Waals surface area contributed by atoms with Gasteiger partial charge in [0.15, 0.2) is 0 Å². The lowest BCUT2D eigenvalue weighted by molar-refractivity contribution is -0.872. The molecule has 1 amide bonds. The number of carbonyl (C=O) groups excluding carboxylic acids is 1. The van der Waals surface area contributed by atoms with E-state index < -0.39 is 0 Å². The minimum absolute atomic E-state index is 0.163. The molecule has 9 heteroatoms. The predicted octanol–water partition coefficient (Wildman–Crippen LogP) is 1.95. The molecule has 0 aromatic carbocycles. The van der Waals surface area contributed by atoms with E-state index >= 15 is 0 Å². The van der Waals surface area contributed by atoms with Crippen LogP contribution in [0.25, 0.3) is 17.0 Å². The highest BCUT2D eigenvalue weighted by atomic mass is 16.5. The van der Waals surface area contributed by atoms with Crippen LogP contribution in [0.15, 0.2) is 53.4 Å². The number of methoxy groups -OCH3 is 1. The molecular formula is C20H19N6O3+. The highest BCUT2D eigenvalue weighted by Gasteiger charge is 2.36. The lowest BCUT2D eigenvalue weighted by Crippen LogP contribution is -2.45. The quantitative estimate of drug-likeness (QED) is 0.534. The zero-order valence-electron chi connectivity index (χ0n) is 15.8. The summed E-state index contributed by atoms with van der Waals surface area (Å²) in [7, 11) is 1.56. The van der Waals surface area contributed by atoms with Crippen LogP contribution in [0.1, 0.15) is 35.1 Å². The molecule has 1 aliphatic heterocycles. The zero-order chi connectivity index (χ0) is 19.8. The number of carbonyl (C=O) groups is 1. The van der Waals surface area contributed by atoms with Crippen LogP contribution >= 0.6 is 0 Å². The van der Waals surface area contributed by atoms with E-state index in [9.17, 15) is 4.79 Å². The first kappa shape index (κ1) is 17.4. The molecule has 4 aromatic heterocycles. The minimum Gasteiger partial charge on any atom is -0.481 e. The SMILES string of the molecule is COc1cc(-c2nc3[n+](o2)CCC[C@H]3NC(=O)c2cc3cccnn3c2)ccn1. The number of aryl methyl sites for hydroxylation is 1. The summed E-state index contributed by atoms with van der Waals surface area (Å²) in [4.78, 5) is 21.6. The number of amides is 1. The molecule has 0 radical (unpaired) electrons. The minimum atomic E-state index is -0.228. The van der Waals surface area contributed by atoms with Crippen molar-refractivity contribution in [1.29, 1.82) is 0 Å². The number of nitrogens with zero attached hydrogens (tertiary/aromatic N) is 5. The predicted molar refractivity (Wildman–Crippen MR) is 101 cm³/mol. The molecule has 0 saturated heterocycles. The third-order valence-corrected chi connectivity index (χ3v) is 4.97. The van der Waals surface area contributed by atoms with Crippen molar-refractivity contribution in [3.05, 3.63) is 60.3 Å². The van der Waals surface area contributed by atoms with Crippen LogP contribution in [0.3, 0.4) is 0 Å². The summed E-state index contributed by atoms with van der Waals surface area (Å²) >= 11 is 0. The molecule has 0 bridgehead atoms. The summed E-state index contributed by atoms with van der Waals surface area (Å²) < 4.78 is 14.5. The Kier molecular flexibility index (Phi) is 4.19. The number of fused-ring (bicyclic) bond motifs is 2. The maximum Gasteiger partial charge on any atom is 0.384 e. The largest absolute Gasteiger partial charge is 0.481 e. The van der Waals surface area contributed by atoms with Gasteiger partial charge in [0.25, 0.3) is 5.91 Å². The molecule has 0 spiro atoms. The van der Waals surface area contributed by atoms with Crippen molar-refractivity contribution in [1.82, 2.24) is 24.9 Å². The number of hydrogen-bond acceptors (Lipinski definition) is 6. The van der Waals surface area contributed by atoms with Gasteiger partial charge in [-0.1, -0.05) is 4.74 Å². The van der Waals surface area contributed by atoms with Gasteiger partial charge in [-0.15, -0.1) is 0 Å². The second-order valence-corrected chi connectivity index (χ2v) is 6.85. The average molecular weight is 391 g/mol. The molecule has 5 rings (SSSR count). The number of hydrogen-bond donors (Lipinski definition) is 1. The Morgan fingerprint density at radius 2 is 2.28 bits per heavy atom. The van der Waals surface area contributed by atoms with Crippen molar-refractivity contribution in [2.45, 2.75) is 25.4 Å². The molecule has 5 heterocycles. The molecular weight excluding hydrogens is 372 g/mol. The Morgan fingerprint density at radius 3 is 3.14 bits per heavy atom. The van der Waals surface area contributed by atoms with Crippen LogP contribution < -0.4 is 14.8 Å². The van der Waals surface area contributed by atoms with Gasteiger partial charge in [-0.05, 0) is 37.1 Å². The molecule has 146 valence electrons. The molecule has 0 unspecified atom stereocenters. The summed E-state index contributed by atoms with van der Waals surface area (Å²) in [6.07, 6.45) is 6.73. The maximum atomic E-state index is 12.8. The summed E-state index contributed by atoms with van der Waals surface area (Å²) in [6.45, 7) is 0.719. The van der Waals surface area contributed by atoms with Gasteiger partial charge >= 0.3 is 11.7 Å². The monoisotopic (exact) mass is 391 g/mol. The number of nitrogens with one attached hydrogen (secondary N) is 1. The van der Waals surface area contributed by atoms with Crippen LogP contribution in [0.4, 0.5) is 0 Å². The van der Waals surface area contributed by atoms with Crippen molar-refractivity contribution in [3.8, 4) is 17.3 Å². The molecule has 1 N–H and O–H groups in total. The lowest BCUT2D eigenvalue weighted by atomic mass is 10.1. The molecule has 0 aliphatic carbocycles. The number of aromatic nitrogens is 5. The van der Waals surface area contributed by atoms with Crippen LogP contribution in [-0.2, 0) is 6.54 Å². The fourth-order valence-electron chi connectivity index (χ4n) is 3.53. The van der Waals surface area contributed by atoms with E-state index in [4.69, 9.17) is 9.26 Å². The Hall–Kier alpha value is -3.75. The first-order valence-corrected chi connectivity index (χ1v) is 9.37. The number of ether oxygens (including phenoxy) is 1. The molecule has 0 saturated carbocycles. The van der Waals surface area contributed by atoms with E-state index in [0.717, 1.165) is 30.5 Å². The average Bonchev–Trinajstić information content (AvgIpc) is 3.39. The Balaban J connectivity index is 1.41. The van der Waals surface area contributed by atoms with Gasteiger partial charge in [-0.2, -0.15) is 5.10 Å². The van der Waals surface area contributed by atoms with E-state index in [1.165, 1.54) is 0 Å².